The largest absolute Gasteiger partial charge is 0.497 e. The molecular weight excluding hydrogens is 481 g/mol. The second-order valence-electron chi connectivity index (χ2n) is 6.69. The van der Waals surface area contributed by atoms with Gasteiger partial charge in [0.25, 0.3) is 0 Å². The minimum atomic E-state index is 0. The zero-order valence-electron chi connectivity index (χ0n) is 17.2. The second kappa shape index (κ2) is 11.7. The Labute approximate surface area is 190 Å². The van der Waals surface area contributed by atoms with E-state index >= 15 is 0 Å². The fourth-order valence-electron chi connectivity index (χ4n) is 3.18. The van der Waals surface area contributed by atoms with Crippen molar-refractivity contribution >= 4 is 35.8 Å². The van der Waals surface area contributed by atoms with E-state index in [1.54, 1.807) is 7.11 Å². The Bertz CT molecular complexity index is 749. The molecule has 8 heteroatoms. The van der Waals surface area contributed by atoms with Gasteiger partial charge in [0, 0.05) is 39.4 Å². The van der Waals surface area contributed by atoms with Crippen LogP contribution < -0.4 is 19.7 Å². The number of guanidine groups is 1. The summed E-state index contributed by atoms with van der Waals surface area (Å²) in [7, 11) is 3.48. The van der Waals surface area contributed by atoms with Gasteiger partial charge in [-0.2, -0.15) is 0 Å². The Morgan fingerprint density at radius 1 is 1.10 bits per heavy atom. The normalized spacial score (nSPS) is 15.3. The summed E-state index contributed by atoms with van der Waals surface area (Å²) in [5, 5.41) is 3.43. The second-order valence-corrected chi connectivity index (χ2v) is 6.69. The molecule has 158 valence electrons. The first-order chi connectivity index (χ1) is 13.7. The molecule has 1 saturated heterocycles. The Morgan fingerprint density at radius 3 is 2.38 bits per heavy atom. The fraction of sp³-hybridized carbons (Fsp3) is 0.429. The molecule has 1 aromatic carbocycles. The number of hydrogen-bond donors (Lipinski definition) is 1. The summed E-state index contributed by atoms with van der Waals surface area (Å²) >= 11 is 0. The van der Waals surface area contributed by atoms with E-state index in [9.17, 15) is 0 Å². The standard InChI is InChI=1S/C21H29N5O2.HI/c1-17(28-19-9-7-18(27-3)8-10-19)16-24-21(22-2)26-14-12-25(13-15-26)20-6-4-5-11-23-20;/h4-11,17H,12-16H2,1-3H3,(H,22,24);1H. The predicted molar refractivity (Wildman–Crippen MR) is 128 cm³/mol. The summed E-state index contributed by atoms with van der Waals surface area (Å²) in [6.45, 7) is 6.39. The number of nitrogens with zero attached hydrogens (tertiary/aromatic N) is 4. The van der Waals surface area contributed by atoms with Gasteiger partial charge in [-0.15, -0.1) is 24.0 Å². The number of anilines is 1. The SMILES string of the molecule is CN=C(NCC(C)Oc1ccc(OC)cc1)N1CCN(c2ccccn2)CC1.I. The summed E-state index contributed by atoms with van der Waals surface area (Å²) in [5.41, 5.74) is 0. The van der Waals surface area contributed by atoms with Crippen LogP contribution in [0.5, 0.6) is 11.5 Å². The number of rotatable bonds is 6. The molecule has 0 aliphatic carbocycles. The highest BCUT2D eigenvalue weighted by Crippen LogP contribution is 2.18. The molecule has 0 saturated carbocycles. The topological polar surface area (TPSA) is 62.2 Å². The Hall–Kier alpha value is -2.23. The van der Waals surface area contributed by atoms with Crippen molar-refractivity contribution in [2.24, 2.45) is 4.99 Å². The average molecular weight is 511 g/mol. The van der Waals surface area contributed by atoms with Crippen molar-refractivity contribution < 1.29 is 9.47 Å². The first-order valence-corrected chi connectivity index (χ1v) is 9.62. The maximum atomic E-state index is 5.96. The van der Waals surface area contributed by atoms with Gasteiger partial charge in [-0.25, -0.2) is 4.98 Å². The van der Waals surface area contributed by atoms with Crippen molar-refractivity contribution in [3.05, 3.63) is 48.7 Å². The number of ether oxygens (including phenoxy) is 2. The van der Waals surface area contributed by atoms with Gasteiger partial charge < -0.3 is 24.6 Å². The smallest absolute Gasteiger partial charge is 0.193 e. The molecule has 0 spiro atoms. The maximum Gasteiger partial charge on any atom is 0.193 e. The lowest BCUT2D eigenvalue weighted by Crippen LogP contribution is -2.53. The Kier molecular flexibility index (Phi) is 9.30. The molecule has 3 rings (SSSR count). The van der Waals surface area contributed by atoms with Crippen molar-refractivity contribution in [3.63, 3.8) is 0 Å². The monoisotopic (exact) mass is 511 g/mol. The van der Waals surface area contributed by atoms with E-state index in [-0.39, 0.29) is 30.1 Å². The van der Waals surface area contributed by atoms with Crippen LogP contribution in [0.4, 0.5) is 5.82 Å². The highest BCUT2D eigenvalue weighted by Gasteiger charge is 2.20. The first-order valence-electron chi connectivity index (χ1n) is 9.62. The van der Waals surface area contributed by atoms with Gasteiger partial charge in [-0.3, -0.25) is 4.99 Å². The molecule has 29 heavy (non-hydrogen) atoms. The van der Waals surface area contributed by atoms with Crippen molar-refractivity contribution in [2.75, 3.05) is 51.8 Å². The molecule has 1 fully saturated rings. The maximum absolute atomic E-state index is 5.96. The highest BCUT2D eigenvalue weighted by molar-refractivity contribution is 14.0. The summed E-state index contributed by atoms with van der Waals surface area (Å²) in [6, 6.07) is 13.7. The minimum Gasteiger partial charge on any atom is -0.497 e. The minimum absolute atomic E-state index is 0. The molecule has 0 amide bonds. The van der Waals surface area contributed by atoms with E-state index in [0.29, 0.717) is 6.54 Å². The lowest BCUT2D eigenvalue weighted by atomic mass is 10.3. The number of aromatic nitrogens is 1. The summed E-state index contributed by atoms with van der Waals surface area (Å²) in [6.07, 6.45) is 1.85. The van der Waals surface area contributed by atoms with E-state index in [0.717, 1.165) is 49.5 Å². The molecule has 0 radical (unpaired) electrons. The third-order valence-electron chi connectivity index (χ3n) is 4.71. The molecule has 2 heterocycles. The lowest BCUT2D eigenvalue weighted by molar-refractivity contribution is 0.221. The lowest BCUT2D eigenvalue weighted by Gasteiger charge is -2.37. The quantitative estimate of drug-likeness (QED) is 0.366. The molecule has 1 atom stereocenters. The third kappa shape index (κ3) is 6.66. The molecule has 1 N–H and O–H groups in total. The molecule has 2 aromatic rings. The summed E-state index contributed by atoms with van der Waals surface area (Å²) < 4.78 is 11.1. The molecule has 1 aliphatic rings. The average Bonchev–Trinajstić information content (AvgIpc) is 2.76. The number of nitrogens with one attached hydrogen (secondary N) is 1. The first kappa shape index (κ1) is 23.1. The van der Waals surface area contributed by atoms with Crippen molar-refractivity contribution in [1.82, 2.24) is 15.2 Å². The zero-order chi connectivity index (χ0) is 19.8. The fourth-order valence-corrected chi connectivity index (χ4v) is 3.18. The van der Waals surface area contributed by atoms with Gasteiger partial charge in [-0.05, 0) is 43.3 Å². The summed E-state index contributed by atoms with van der Waals surface area (Å²) in [4.78, 5) is 13.5. The van der Waals surface area contributed by atoms with Crippen molar-refractivity contribution in [1.29, 1.82) is 0 Å². The summed E-state index contributed by atoms with van der Waals surface area (Å²) in [5.74, 6) is 3.59. The third-order valence-corrected chi connectivity index (χ3v) is 4.71. The van der Waals surface area contributed by atoms with Gasteiger partial charge in [-0.1, -0.05) is 6.07 Å². The highest BCUT2D eigenvalue weighted by atomic mass is 127. The van der Waals surface area contributed by atoms with Crippen LogP contribution in [0.3, 0.4) is 0 Å². The van der Waals surface area contributed by atoms with E-state index in [2.05, 4.69) is 31.2 Å². The van der Waals surface area contributed by atoms with Gasteiger partial charge in [0.1, 0.15) is 23.4 Å². The van der Waals surface area contributed by atoms with Crippen LogP contribution in [-0.2, 0) is 0 Å². The van der Waals surface area contributed by atoms with Crippen LogP contribution in [-0.4, -0.2) is 68.8 Å². The predicted octanol–water partition coefficient (Wildman–Crippen LogP) is 2.87. The van der Waals surface area contributed by atoms with Crippen LogP contribution in [0.25, 0.3) is 0 Å². The number of halogens is 1. The Balaban J connectivity index is 0.00000300. The number of piperazine rings is 1. The number of methoxy groups -OCH3 is 1. The van der Waals surface area contributed by atoms with Crippen LogP contribution in [0.15, 0.2) is 53.7 Å². The van der Waals surface area contributed by atoms with Crippen molar-refractivity contribution in [2.45, 2.75) is 13.0 Å². The number of benzene rings is 1. The van der Waals surface area contributed by atoms with Crippen LogP contribution >= 0.6 is 24.0 Å². The van der Waals surface area contributed by atoms with E-state index in [4.69, 9.17) is 9.47 Å². The van der Waals surface area contributed by atoms with Gasteiger partial charge in [0.15, 0.2) is 5.96 Å². The number of pyridine rings is 1. The van der Waals surface area contributed by atoms with Crippen LogP contribution in [0.1, 0.15) is 6.92 Å². The van der Waals surface area contributed by atoms with Gasteiger partial charge >= 0.3 is 0 Å². The molecule has 7 nitrogen and oxygen atoms in total. The molecule has 0 bridgehead atoms. The zero-order valence-corrected chi connectivity index (χ0v) is 19.6. The molecule has 1 aromatic heterocycles. The Morgan fingerprint density at radius 2 is 1.79 bits per heavy atom. The molecular formula is C21H30IN5O2. The van der Waals surface area contributed by atoms with Crippen LogP contribution in [0, 0.1) is 0 Å². The van der Waals surface area contributed by atoms with Gasteiger partial charge in [0.05, 0.1) is 13.7 Å². The number of aliphatic imine (C=N–C) groups is 1. The van der Waals surface area contributed by atoms with Crippen LogP contribution in [0.2, 0.25) is 0 Å². The number of hydrogen-bond acceptors (Lipinski definition) is 5. The molecule has 1 unspecified atom stereocenters. The molecule has 1 aliphatic heterocycles. The van der Waals surface area contributed by atoms with Gasteiger partial charge in [0.2, 0.25) is 0 Å². The van der Waals surface area contributed by atoms with E-state index in [1.807, 2.05) is 56.6 Å². The van der Waals surface area contributed by atoms with E-state index in [1.165, 1.54) is 0 Å². The van der Waals surface area contributed by atoms with Crippen molar-refractivity contribution in [3.8, 4) is 11.5 Å². The van der Waals surface area contributed by atoms with E-state index < -0.39 is 0 Å².